The van der Waals surface area contributed by atoms with Gasteiger partial charge in [-0.1, -0.05) is 24.4 Å². The van der Waals surface area contributed by atoms with Crippen molar-refractivity contribution in [1.29, 1.82) is 0 Å². The van der Waals surface area contributed by atoms with E-state index in [0.717, 1.165) is 18.0 Å². The molecule has 0 aromatic carbocycles. The van der Waals surface area contributed by atoms with Gasteiger partial charge in [0.15, 0.2) is 0 Å². The van der Waals surface area contributed by atoms with Gasteiger partial charge in [0.2, 0.25) is 0 Å². The van der Waals surface area contributed by atoms with Crippen molar-refractivity contribution in [3.8, 4) is 0 Å². The SMILES string of the molecule is CNC1CCCCC(c2c(Cl)cnn2CCOC)C1. The minimum atomic E-state index is 0.506. The largest absolute Gasteiger partial charge is 0.383 e. The number of halogens is 1. The average Bonchev–Trinajstić information content (AvgIpc) is 2.65. The lowest BCUT2D eigenvalue weighted by Gasteiger charge is -2.21. The highest BCUT2D eigenvalue weighted by molar-refractivity contribution is 6.31. The van der Waals surface area contributed by atoms with Crippen molar-refractivity contribution in [2.45, 2.75) is 50.6 Å². The highest BCUT2D eigenvalue weighted by Gasteiger charge is 2.25. The molecule has 19 heavy (non-hydrogen) atoms. The molecule has 0 saturated heterocycles. The van der Waals surface area contributed by atoms with E-state index in [4.69, 9.17) is 16.3 Å². The van der Waals surface area contributed by atoms with Crippen LogP contribution in [0.1, 0.15) is 43.7 Å². The number of ether oxygens (including phenoxy) is 1. The fourth-order valence-corrected chi connectivity index (χ4v) is 3.30. The maximum Gasteiger partial charge on any atom is 0.0820 e. The van der Waals surface area contributed by atoms with Crippen LogP contribution < -0.4 is 5.32 Å². The lowest BCUT2D eigenvalue weighted by molar-refractivity contribution is 0.181. The van der Waals surface area contributed by atoms with Crippen LogP contribution in [0.15, 0.2) is 6.20 Å². The number of rotatable bonds is 5. The fourth-order valence-electron chi connectivity index (χ4n) is 3.00. The Balaban J connectivity index is 2.16. The molecule has 5 heteroatoms. The summed E-state index contributed by atoms with van der Waals surface area (Å²) in [5, 5.41) is 8.62. The Morgan fingerprint density at radius 2 is 2.26 bits per heavy atom. The molecule has 1 N–H and O–H groups in total. The smallest absolute Gasteiger partial charge is 0.0820 e. The molecule has 0 bridgehead atoms. The maximum absolute atomic E-state index is 6.36. The Kier molecular flexibility index (Phi) is 5.67. The van der Waals surface area contributed by atoms with E-state index in [1.165, 1.54) is 31.4 Å². The number of hydrogen-bond acceptors (Lipinski definition) is 3. The Morgan fingerprint density at radius 1 is 1.47 bits per heavy atom. The van der Waals surface area contributed by atoms with Gasteiger partial charge in [-0.2, -0.15) is 5.10 Å². The Bertz CT molecular complexity index is 394. The van der Waals surface area contributed by atoms with E-state index in [9.17, 15) is 0 Å². The highest BCUT2D eigenvalue weighted by atomic mass is 35.5. The molecule has 1 aliphatic rings. The zero-order chi connectivity index (χ0) is 13.7. The average molecular weight is 286 g/mol. The monoisotopic (exact) mass is 285 g/mol. The molecule has 1 heterocycles. The number of hydrogen-bond donors (Lipinski definition) is 1. The van der Waals surface area contributed by atoms with Crippen molar-refractivity contribution in [1.82, 2.24) is 15.1 Å². The normalized spacial score (nSPS) is 24.4. The van der Waals surface area contributed by atoms with Crippen LogP contribution in [0, 0.1) is 0 Å². The standard InChI is InChI=1S/C14H24ClN3O/c1-16-12-6-4-3-5-11(9-12)14-13(15)10-17-18(14)7-8-19-2/h10-12,16H,3-9H2,1-2H3. The molecular weight excluding hydrogens is 262 g/mol. The van der Waals surface area contributed by atoms with Crippen molar-refractivity contribution >= 4 is 11.6 Å². The maximum atomic E-state index is 6.36. The third kappa shape index (κ3) is 3.71. The van der Waals surface area contributed by atoms with E-state index in [-0.39, 0.29) is 0 Å². The second kappa shape index (κ2) is 7.27. The molecule has 1 fully saturated rings. The number of aromatic nitrogens is 2. The molecule has 2 rings (SSSR count). The van der Waals surface area contributed by atoms with Gasteiger partial charge in [-0.3, -0.25) is 4.68 Å². The minimum Gasteiger partial charge on any atom is -0.383 e. The van der Waals surface area contributed by atoms with Crippen LogP contribution in [0.4, 0.5) is 0 Å². The first kappa shape index (κ1) is 14.8. The quantitative estimate of drug-likeness (QED) is 0.846. The van der Waals surface area contributed by atoms with Gasteiger partial charge in [0, 0.05) is 19.1 Å². The molecule has 0 radical (unpaired) electrons. The van der Waals surface area contributed by atoms with Crippen LogP contribution in [-0.2, 0) is 11.3 Å². The number of nitrogens with zero attached hydrogens (tertiary/aromatic N) is 2. The van der Waals surface area contributed by atoms with Gasteiger partial charge in [-0.05, 0) is 26.3 Å². The predicted octanol–water partition coefficient (Wildman–Crippen LogP) is 2.82. The topological polar surface area (TPSA) is 39.1 Å². The van der Waals surface area contributed by atoms with Crippen LogP contribution in [0.25, 0.3) is 0 Å². The van der Waals surface area contributed by atoms with Crippen molar-refractivity contribution in [3.63, 3.8) is 0 Å². The molecule has 1 aromatic heterocycles. The Hall–Kier alpha value is -0.580. The summed E-state index contributed by atoms with van der Waals surface area (Å²) >= 11 is 6.36. The first-order chi connectivity index (χ1) is 9.26. The zero-order valence-corrected chi connectivity index (χ0v) is 12.6. The summed E-state index contributed by atoms with van der Waals surface area (Å²) in [6, 6.07) is 0.592. The fraction of sp³-hybridized carbons (Fsp3) is 0.786. The molecule has 1 aromatic rings. The van der Waals surface area contributed by atoms with Crippen LogP contribution in [0.5, 0.6) is 0 Å². The summed E-state index contributed by atoms with van der Waals surface area (Å²) in [5.41, 5.74) is 1.20. The number of methoxy groups -OCH3 is 1. The van der Waals surface area contributed by atoms with Gasteiger partial charge < -0.3 is 10.1 Å². The van der Waals surface area contributed by atoms with E-state index < -0.39 is 0 Å². The van der Waals surface area contributed by atoms with E-state index in [1.807, 2.05) is 4.68 Å². The van der Waals surface area contributed by atoms with Crippen molar-refractivity contribution in [2.24, 2.45) is 0 Å². The van der Waals surface area contributed by atoms with E-state index in [1.54, 1.807) is 13.3 Å². The third-order valence-electron chi connectivity index (χ3n) is 4.06. The summed E-state index contributed by atoms with van der Waals surface area (Å²) in [4.78, 5) is 0. The van der Waals surface area contributed by atoms with Crippen LogP contribution in [0.2, 0.25) is 5.02 Å². The second-order valence-corrected chi connectivity index (χ2v) is 5.70. The van der Waals surface area contributed by atoms with Crippen LogP contribution >= 0.6 is 11.6 Å². The van der Waals surface area contributed by atoms with Crippen molar-refractivity contribution in [3.05, 3.63) is 16.9 Å². The first-order valence-corrected chi connectivity index (χ1v) is 7.51. The van der Waals surface area contributed by atoms with Gasteiger partial charge in [0.1, 0.15) is 0 Å². The van der Waals surface area contributed by atoms with Crippen molar-refractivity contribution in [2.75, 3.05) is 20.8 Å². The van der Waals surface area contributed by atoms with E-state index in [0.29, 0.717) is 18.6 Å². The molecule has 0 spiro atoms. The molecule has 1 aliphatic carbocycles. The Labute approximate surface area is 120 Å². The summed E-state index contributed by atoms with van der Waals surface area (Å²) in [5.74, 6) is 0.506. The summed E-state index contributed by atoms with van der Waals surface area (Å²) < 4.78 is 7.17. The summed E-state index contributed by atoms with van der Waals surface area (Å²) in [6.45, 7) is 1.45. The summed E-state index contributed by atoms with van der Waals surface area (Å²) in [6.07, 6.45) is 7.95. The molecule has 4 nitrogen and oxygen atoms in total. The molecule has 1 saturated carbocycles. The van der Waals surface area contributed by atoms with Gasteiger partial charge in [0.25, 0.3) is 0 Å². The lowest BCUT2D eigenvalue weighted by Crippen LogP contribution is -2.26. The van der Waals surface area contributed by atoms with Crippen LogP contribution in [-0.4, -0.2) is 36.6 Å². The van der Waals surface area contributed by atoms with Crippen LogP contribution in [0.3, 0.4) is 0 Å². The molecule has 2 unspecified atom stereocenters. The van der Waals surface area contributed by atoms with Gasteiger partial charge in [0.05, 0.1) is 30.1 Å². The molecular formula is C14H24ClN3O. The Morgan fingerprint density at radius 3 is 3.00 bits per heavy atom. The summed E-state index contributed by atoms with van der Waals surface area (Å²) in [7, 11) is 3.77. The molecule has 0 amide bonds. The van der Waals surface area contributed by atoms with Crippen molar-refractivity contribution < 1.29 is 4.74 Å². The molecule has 0 aliphatic heterocycles. The second-order valence-electron chi connectivity index (χ2n) is 5.30. The molecule has 2 atom stereocenters. The highest BCUT2D eigenvalue weighted by Crippen LogP contribution is 2.35. The third-order valence-corrected chi connectivity index (χ3v) is 4.35. The molecule has 108 valence electrons. The lowest BCUT2D eigenvalue weighted by atomic mass is 9.94. The van der Waals surface area contributed by atoms with E-state index >= 15 is 0 Å². The van der Waals surface area contributed by atoms with Gasteiger partial charge in [-0.25, -0.2) is 0 Å². The van der Waals surface area contributed by atoms with Gasteiger partial charge >= 0.3 is 0 Å². The first-order valence-electron chi connectivity index (χ1n) is 7.13. The van der Waals surface area contributed by atoms with E-state index in [2.05, 4.69) is 17.5 Å². The number of nitrogens with one attached hydrogen (secondary N) is 1. The predicted molar refractivity (Wildman–Crippen MR) is 77.8 cm³/mol. The van der Waals surface area contributed by atoms with Gasteiger partial charge in [-0.15, -0.1) is 0 Å². The minimum absolute atomic E-state index is 0.506. The zero-order valence-electron chi connectivity index (χ0n) is 11.9.